The topological polar surface area (TPSA) is 51.1 Å². The lowest BCUT2D eigenvalue weighted by molar-refractivity contribution is 0.0408. The number of methoxy groups -OCH3 is 1. The summed E-state index contributed by atoms with van der Waals surface area (Å²) in [5, 5.41) is 7.09. The lowest BCUT2D eigenvalue weighted by Crippen LogP contribution is -2.37. The van der Waals surface area contributed by atoms with Crippen LogP contribution in [-0.2, 0) is 11.4 Å². The number of benzene rings is 2. The average molecular weight is 475 g/mol. The second kappa shape index (κ2) is 9.73. The highest BCUT2D eigenvalue weighted by molar-refractivity contribution is 7.12. The fourth-order valence-corrected chi connectivity index (χ4v) is 4.37. The Balaban J connectivity index is 1.49. The maximum Gasteiger partial charge on any atom is 0.264 e. The van der Waals surface area contributed by atoms with Gasteiger partial charge in [-0.1, -0.05) is 52.6 Å². The van der Waals surface area contributed by atoms with Gasteiger partial charge in [0.2, 0.25) is 0 Å². The van der Waals surface area contributed by atoms with Crippen LogP contribution in [-0.4, -0.2) is 36.3 Å². The summed E-state index contributed by atoms with van der Waals surface area (Å²) in [5.41, 5.74) is 2.63. The molecule has 3 aromatic rings. The molecule has 0 N–H and O–H groups in total. The quantitative estimate of drug-likeness (QED) is 0.428. The van der Waals surface area contributed by atoms with Gasteiger partial charge in [0.1, 0.15) is 5.75 Å². The maximum atomic E-state index is 13.2. The minimum atomic E-state index is -0.251. The average Bonchev–Trinajstić information content (AvgIpc) is 3.47. The summed E-state index contributed by atoms with van der Waals surface area (Å²) in [4.78, 5) is 21.3. The molecule has 8 heteroatoms. The number of nitrogens with zero attached hydrogens (tertiary/aromatic N) is 2. The number of amides is 1. The number of hydrogen-bond acceptors (Lipinski definition) is 5. The molecule has 1 aliphatic heterocycles. The van der Waals surface area contributed by atoms with Crippen LogP contribution in [0.25, 0.3) is 0 Å². The number of halogens is 2. The first-order chi connectivity index (χ1) is 15.0. The first-order valence-electron chi connectivity index (χ1n) is 9.67. The standard InChI is InChI=1S/C23H20Cl2N2O3S/c1-29-17-5-2-4-15(10-17)13-27(23(28)22-6-3-9-31-22)14-18-12-21(26-30-18)16-7-8-19(24)20(25)11-16/h2-11,18H,12-14H2,1H3/t18-/m0/s1. The summed E-state index contributed by atoms with van der Waals surface area (Å²) in [7, 11) is 1.63. The summed E-state index contributed by atoms with van der Waals surface area (Å²) >= 11 is 13.6. The third-order valence-electron chi connectivity index (χ3n) is 4.94. The summed E-state index contributed by atoms with van der Waals surface area (Å²) in [5.74, 6) is 0.716. The van der Waals surface area contributed by atoms with Crippen LogP contribution in [0.15, 0.2) is 65.1 Å². The van der Waals surface area contributed by atoms with Crippen molar-refractivity contribution in [3.63, 3.8) is 0 Å². The van der Waals surface area contributed by atoms with Crippen molar-refractivity contribution in [2.75, 3.05) is 13.7 Å². The number of hydrogen-bond donors (Lipinski definition) is 0. The molecule has 1 atom stereocenters. The lowest BCUT2D eigenvalue weighted by atomic mass is 10.0. The van der Waals surface area contributed by atoms with E-state index in [0.717, 1.165) is 22.6 Å². The molecule has 4 rings (SSSR count). The molecule has 1 amide bonds. The predicted molar refractivity (Wildman–Crippen MR) is 125 cm³/mol. The number of rotatable bonds is 7. The van der Waals surface area contributed by atoms with Gasteiger partial charge in [-0.25, -0.2) is 0 Å². The number of carbonyl (C=O) groups excluding carboxylic acids is 1. The van der Waals surface area contributed by atoms with Gasteiger partial charge in [-0.2, -0.15) is 0 Å². The minimum Gasteiger partial charge on any atom is -0.497 e. The molecule has 0 radical (unpaired) electrons. The lowest BCUT2D eigenvalue weighted by Gasteiger charge is -2.24. The Hall–Kier alpha value is -2.54. The highest BCUT2D eigenvalue weighted by Gasteiger charge is 2.28. The monoisotopic (exact) mass is 474 g/mol. The molecule has 0 fully saturated rings. The zero-order chi connectivity index (χ0) is 21.8. The van der Waals surface area contributed by atoms with Crippen molar-refractivity contribution < 1.29 is 14.4 Å². The maximum absolute atomic E-state index is 13.2. The Morgan fingerprint density at radius 2 is 2.06 bits per heavy atom. The van der Waals surface area contributed by atoms with Crippen molar-refractivity contribution in [1.82, 2.24) is 4.90 Å². The van der Waals surface area contributed by atoms with E-state index < -0.39 is 0 Å². The normalized spacial score (nSPS) is 15.3. The molecule has 0 aliphatic carbocycles. The summed E-state index contributed by atoms with van der Waals surface area (Å²) in [6.45, 7) is 0.845. The van der Waals surface area contributed by atoms with Crippen LogP contribution in [0, 0.1) is 0 Å². The number of ether oxygens (including phenoxy) is 1. The zero-order valence-electron chi connectivity index (χ0n) is 16.8. The molecule has 1 aromatic heterocycles. The van der Waals surface area contributed by atoms with E-state index in [1.54, 1.807) is 24.1 Å². The van der Waals surface area contributed by atoms with E-state index in [0.29, 0.717) is 34.4 Å². The van der Waals surface area contributed by atoms with Gasteiger partial charge in [0.25, 0.3) is 5.91 Å². The van der Waals surface area contributed by atoms with E-state index >= 15 is 0 Å². The van der Waals surface area contributed by atoms with Crippen molar-refractivity contribution in [2.45, 2.75) is 19.1 Å². The van der Waals surface area contributed by atoms with Crippen molar-refractivity contribution >= 4 is 46.2 Å². The first kappa shape index (κ1) is 21.7. The van der Waals surface area contributed by atoms with Gasteiger partial charge in [-0.05, 0) is 41.3 Å². The molecule has 0 bridgehead atoms. The number of thiophene rings is 1. The molecule has 160 valence electrons. The highest BCUT2D eigenvalue weighted by Crippen LogP contribution is 2.26. The molecule has 0 unspecified atom stereocenters. The van der Waals surface area contributed by atoms with E-state index in [4.69, 9.17) is 32.8 Å². The van der Waals surface area contributed by atoms with Crippen LogP contribution in [0.3, 0.4) is 0 Å². The largest absolute Gasteiger partial charge is 0.497 e. The minimum absolute atomic E-state index is 0.0376. The molecule has 2 heterocycles. The molecule has 0 saturated heterocycles. The van der Waals surface area contributed by atoms with Crippen molar-refractivity contribution in [1.29, 1.82) is 0 Å². The first-order valence-corrected chi connectivity index (χ1v) is 11.3. The van der Waals surface area contributed by atoms with Crippen molar-refractivity contribution in [3.8, 4) is 5.75 Å². The molecule has 0 spiro atoms. The van der Waals surface area contributed by atoms with Crippen LogP contribution in [0.2, 0.25) is 10.0 Å². The SMILES string of the molecule is COc1cccc(CN(C[C@@H]2CC(c3ccc(Cl)c(Cl)c3)=NO2)C(=O)c2cccs2)c1. The fourth-order valence-electron chi connectivity index (χ4n) is 3.38. The van der Waals surface area contributed by atoms with Gasteiger partial charge in [-0.15, -0.1) is 11.3 Å². The van der Waals surface area contributed by atoms with Gasteiger partial charge >= 0.3 is 0 Å². The highest BCUT2D eigenvalue weighted by atomic mass is 35.5. The Kier molecular flexibility index (Phi) is 6.80. The molecular weight excluding hydrogens is 455 g/mol. The zero-order valence-corrected chi connectivity index (χ0v) is 19.1. The molecule has 2 aromatic carbocycles. The third kappa shape index (κ3) is 5.21. The van der Waals surface area contributed by atoms with Crippen LogP contribution in [0.5, 0.6) is 5.75 Å². The summed E-state index contributed by atoms with van der Waals surface area (Å²) in [6, 6.07) is 16.8. The predicted octanol–water partition coefficient (Wildman–Crippen LogP) is 5.90. The van der Waals surface area contributed by atoms with Gasteiger partial charge in [0.05, 0.1) is 34.3 Å². The van der Waals surface area contributed by atoms with Crippen LogP contribution in [0.4, 0.5) is 0 Å². The Morgan fingerprint density at radius 1 is 1.19 bits per heavy atom. The summed E-state index contributed by atoms with van der Waals surface area (Å²) in [6.07, 6.45) is 0.323. The Labute approximate surface area is 194 Å². The molecule has 5 nitrogen and oxygen atoms in total. The third-order valence-corrected chi connectivity index (χ3v) is 6.53. The van der Waals surface area contributed by atoms with Gasteiger partial charge in [0.15, 0.2) is 6.10 Å². The Bertz CT molecular complexity index is 1100. The molecule has 1 aliphatic rings. The van der Waals surface area contributed by atoms with Crippen molar-refractivity contribution in [3.05, 3.63) is 86.0 Å². The smallest absolute Gasteiger partial charge is 0.264 e. The van der Waals surface area contributed by atoms with Crippen LogP contribution >= 0.6 is 34.5 Å². The second-order valence-electron chi connectivity index (χ2n) is 7.11. The van der Waals surface area contributed by atoms with E-state index in [2.05, 4.69) is 5.16 Å². The van der Waals surface area contributed by atoms with Gasteiger partial charge < -0.3 is 14.5 Å². The van der Waals surface area contributed by atoms with E-state index in [1.807, 2.05) is 47.8 Å². The summed E-state index contributed by atoms with van der Waals surface area (Å²) < 4.78 is 5.32. The van der Waals surface area contributed by atoms with E-state index in [-0.39, 0.29) is 12.0 Å². The fraction of sp³-hybridized carbons (Fsp3) is 0.217. The van der Waals surface area contributed by atoms with E-state index in [9.17, 15) is 4.79 Å². The molecular formula is C23H20Cl2N2O3S. The van der Waals surface area contributed by atoms with Gasteiger partial charge in [0, 0.05) is 18.5 Å². The molecule has 31 heavy (non-hydrogen) atoms. The van der Waals surface area contributed by atoms with E-state index in [1.165, 1.54) is 11.3 Å². The Morgan fingerprint density at radius 3 is 2.81 bits per heavy atom. The number of carbonyl (C=O) groups is 1. The number of oxime groups is 1. The van der Waals surface area contributed by atoms with Gasteiger partial charge in [-0.3, -0.25) is 4.79 Å². The van der Waals surface area contributed by atoms with Crippen LogP contribution < -0.4 is 4.74 Å². The van der Waals surface area contributed by atoms with Crippen molar-refractivity contribution in [2.24, 2.45) is 5.16 Å². The molecule has 0 saturated carbocycles. The van der Waals surface area contributed by atoms with Crippen LogP contribution in [0.1, 0.15) is 27.2 Å². The second-order valence-corrected chi connectivity index (χ2v) is 8.88.